The number of fused-ring (bicyclic) bond motifs is 3. The largest absolute Gasteiger partial charge is 0.0629 e. The molecule has 9 aromatic carbocycles. The van der Waals surface area contributed by atoms with Crippen LogP contribution in [0.4, 0.5) is 0 Å². The van der Waals surface area contributed by atoms with Crippen molar-refractivity contribution in [3.8, 4) is 55.6 Å². The molecule has 0 saturated carbocycles. The van der Waals surface area contributed by atoms with Crippen LogP contribution in [0.1, 0.15) is 24.7 Å². The summed E-state index contributed by atoms with van der Waals surface area (Å²) in [6, 6.07) is 13.1. The minimum Gasteiger partial charge on any atom is -0.0622 e. The van der Waals surface area contributed by atoms with E-state index in [0.717, 1.165) is 0 Å². The predicted molar refractivity (Wildman–Crippen MR) is 206 cm³/mol. The molecule has 9 rings (SSSR count). The number of rotatable bonds is 5. The van der Waals surface area contributed by atoms with Gasteiger partial charge in [-0.2, -0.15) is 0 Å². The standard InChI is InChI=1S/C48H32/c1-4-17-33(18-5-1)36-31-32-45(40-24-11-10-23-39(36)40)46-41-25-12-14-27-43(41)48(44-28-15-13-26-42(44)46)47-37(34-19-6-2-7-20-34)29-16-30-38(47)35-21-8-3-9-22-35/h1-32H/i1D,2D,3D,4D,5D,6D,7D,8D,9D,16D,17D,18D,19D,20D,21D,22D,29D,30D. The SMILES string of the molecule is [2H]c1c([2H])c([2H])c(-c2c([2H])c([2H])c([2H])c(-c3c([2H])c([2H])c([2H])c([2H])c3[2H])c2-c2c3ccccc3c(-c3ccc(-c4c([2H])c([2H])c([2H])c([2H])c4[2H])c4ccccc34)c3ccccc23)c([2H])c1[2H]. The summed E-state index contributed by atoms with van der Waals surface area (Å²) < 4.78 is 158. The van der Waals surface area contributed by atoms with E-state index in [9.17, 15) is 2.74 Å². The molecule has 0 fully saturated rings. The van der Waals surface area contributed by atoms with Crippen molar-refractivity contribution in [2.75, 3.05) is 0 Å². The zero-order valence-electron chi connectivity index (χ0n) is 43.1. The predicted octanol–water partition coefficient (Wildman–Crippen LogP) is 13.5. The summed E-state index contributed by atoms with van der Waals surface area (Å²) in [6.07, 6.45) is 0. The van der Waals surface area contributed by atoms with Gasteiger partial charge in [-0.1, -0.05) is 194 Å². The van der Waals surface area contributed by atoms with Gasteiger partial charge in [0, 0.05) is 0 Å². The molecule has 0 bridgehead atoms. The van der Waals surface area contributed by atoms with Crippen molar-refractivity contribution in [1.82, 2.24) is 0 Å². The van der Waals surface area contributed by atoms with E-state index in [0.29, 0.717) is 49.0 Å². The van der Waals surface area contributed by atoms with Crippen molar-refractivity contribution >= 4 is 32.3 Å². The Hall–Kier alpha value is -6.24. The van der Waals surface area contributed by atoms with E-state index in [-0.39, 0.29) is 39.9 Å². The quantitative estimate of drug-likeness (QED) is 0.167. The Balaban J connectivity index is 1.51. The van der Waals surface area contributed by atoms with Gasteiger partial charge in [0.1, 0.15) is 0 Å². The average Bonchev–Trinajstić information content (AvgIpc) is 3.32. The van der Waals surface area contributed by atoms with Crippen LogP contribution in [0.5, 0.6) is 0 Å². The molecule has 0 aliphatic heterocycles. The third-order valence-electron chi connectivity index (χ3n) is 8.52. The van der Waals surface area contributed by atoms with Gasteiger partial charge in [0.2, 0.25) is 0 Å². The molecule has 224 valence electrons. The van der Waals surface area contributed by atoms with Crippen molar-refractivity contribution in [3.05, 3.63) is 194 Å². The van der Waals surface area contributed by atoms with Crippen LogP contribution < -0.4 is 0 Å². The smallest absolute Gasteiger partial charge is 0.0622 e. The Labute approximate surface area is 306 Å². The highest BCUT2D eigenvalue weighted by Crippen LogP contribution is 2.50. The van der Waals surface area contributed by atoms with E-state index >= 15 is 0 Å². The zero-order valence-corrected chi connectivity index (χ0v) is 25.1. The molecule has 0 unspecified atom stereocenters. The molecule has 0 aliphatic carbocycles. The molecular weight excluding hydrogens is 577 g/mol. The summed E-state index contributed by atoms with van der Waals surface area (Å²) in [7, 11) is 0. The number of hydrogen-bond donors (Lipinski definition) is 0. The van der Waals surface area contributed by atoms with E-state index < -0.39 is 108 Å². The number of hydrogen-bond acceptors (Lipinski definition) is 0. The van der Waals surface area contributed by atoms with E-state index in [1.165, 1.54) is 0 Å². The molecule has 0 radical (unpaired) electrons. The molecule has 9 aromatic rings. The molecule has 0 atom stereocenters. The van der Waals surface area contributed by atoms with Gasteiger partial charge < -0.3 is 0 Å². The van der Waals surface area contributed by atoms with E-state index in [1.807, 2.05) is 24.3 Å². The monoisotopic (exact) mass is 626 g/mol. The van der Waals surface area contributed by atoms with Crippen LogP contribution in [0.2, 0.25) is 0 Å². The van der Waals surface area contributed by atoms with Crippen LogP contribution in [-0.2, 0) is 0 Å². The second kappa shape index (κ2) is 11.8. The van der Waals surface area contributed by atoms with Gasteiger partial charge in [-0.05, 0) is 88.0 Å². The first-order valence-electron chi connectivity index (χ1n) is 24.1. The lowest BCUT2D eigenvalue weighted by molar-refractivity contribution is 1.58. The zero-order chi connectivity index (χ0) is 47.5. The Morgan fingerprint density at radius 2 is 0.604 bits per heavy atom. The van der Waals surface area contributed by atoms with Crippen LogP contribution >= 0.6 is 0 Å². The summed E-state index contributed by atoms with van der Waals surface area (Å²) >= 11 is 0. The van der Waals surface area contributed by atoms with Crippen LogP contribution in [0.15, 0.2) is 194 Å². The highest BCUT2D eigenvalue weighted by molar-refractivity contribution is 6.26. The van der Waals surface area contributed by atoms with Crippen molar-refractivity contribution in [2.24, 2.45) is 0 Å². The summed E-state index contributed by atoms with van der Waals surface area (Å²) in [5.41, 5.74) is 0.0164. The Morgan fingerprint density at radius 1 is 0.250 bits per heavy atom. The molecule has 0 heterocycles. The van der Waals surface area contributed by atoms with Gasteiger partial charge in [-0.25, -0.2) is 0 Å². The van der Waals surface area contributed by atoms with Crippen LogP contribution in [0.25, 0.3) is 88.0 Å². The highest BCUT2D eigenvalue weighted by Gasteiger charge is 2.22. The third-order valence-corrected chi connectivity index (χ3v) is 8.52. The molecule has 0 nitrogen and oxygen atoms in total. The molecule has 48 heavy (non-hydrogen) atoms. The Kier molecular flexibility index (Phi) is 3.73. The second-order valence-electron chi connectivity index (χ2n) is 11.0. The van der Waals surface area contributed by atoms with E-state index in [4.69, 9.17) is 21.9 Å². The third kappa shape index (κ3) is 4.62. The molecular formula is C48H32. The lowest BCUT2D eigenvalue weighted by Gasteiger charge is -2.23. The molecule has 0 heteroatoms. The van der Waals surface area contributed by atoms with Crippen LogP contribution in [-0.4, -0.2) is 0 Å². The summed E-state index contributed by atoms with van der Waals surface area (Å²) in [5, 5.41) is 3.16. The van der Waals surface area contributed by atoms with Gasteiger partial charge >= 0.3 is 0 Å². The Bertz CT molecular complexity index is 3390. The van der Waals surface area contributed by atoms with Crippen molar-refractivity contribution in [2.45, 2.75) is 0 Å². The maximum absolute atomic E-state index is 9.48. The maximum Gasteiger partial charge on any atom is 0.0629 e. The lowest BCUT2D eigenvalue weighted by atomic mass is 9.80. The van der Waals surface area contributed by atoms with Crippen LogP contribution in [0, 0.1) is 0 Å². The molecule has 0 saturated heterocycles. The van der Waals surface area contributed by atoms with Crippen molar-refractivity contribution in [1.29, 1.82) is 0 Å². The number of benzene rings is 9. The van der Waals surface area contributed by atoms with Gasteiger partial charge in [0.25, 0.3) is 0 Å². The minimum atomic E-state index is -0.779. The van der Waals surface area contributed by atoms with Gasteiger partial charge in [-0.15, -0.1) is 0 Å². The fourth-order valence-corrected chi connectivity index (χ4v) is 6.59. The topological polar surface area (TPSA) is 0 Å². The second-order valence-corrected chi connectivity index (χ2v) is 11.0. The first kappa shape index (κ1) is 15.1. The van der Waals surface area contributed by atoms with Crippen molar-refractivity contribution in [3.63, 3.8) is 0 Å². The minimum absolute atomic E-state index is 0.0180. The average molecular weight is 627 g/mol. The first-order valence-corrected chi connectivity index (χ1v) is 15.1. The van der Waals surface area contributed by atoms with E-state index in [2.05, 4.69) is 0 Å². The fourth-order valence-electron chi connectivity index (χ4n) is 6.59. The molecule has 0 aliphatic rings. The normalized spacial score (nSPS) is 16.6. The summed E-state index contributed by atoms with van der Waals surface area (Å²) in [6.45, 7) is 0. The molecule has 0 N–H and O–H groups in total. The van der Waals surface area contributed by atoms with Crippen molar-refractivity contribution < 1.29 is 24.7 Å². The van der Waals surface area contributed by atoms with E-state index in [1.54, 1.807) is 60.7 Å². The molecule has 0 aromatic heterocycles. The summed E-state index contributed by atoms with van der Waals surface area (Å²) in [4.78, 5) is 0. The van der Waals surface area contributed by atoms with Crippen LogP contribution in [0.3, 0.4) is 0 Å². The summed E-state index contributed by atoms with van der Waals surface area (Å²) in [5.74, 6) is 0. The van der Waals surface area contributed by atoms with Gasteiger partial charge in [-0.3, -0.25) is 0 Å². The molecule has 0 spiro atoms. The maximum atomic E-state index is 9.48. The molecule has 0 amide bonds. The first-order chi connectivity index (χ1) is 31.3. The lowest BCUT2D eigenvalue weighted by Crippen LogP contribution is -1.96. The highest BCUT2D eigenvalue weighted by atomic mass is 14.3. The fraction of sp³-hybridized carbons (Fsp3) is 0. The Morgan fingerprint density at radius 3 is 1.06 bits per heavy atom. The van der Waals surface area contributed by atoms with Gasteiger partial charge in [0.15, 0.2) is 0 Å². The van der Waals surface area contributed by atoms with Gasteiger partial charge in [0.05, 0.1) is 24.7 Å².